The molecule has 0 aromatic heterocycles. The first kappa shape index (κ1) is 9.94. The molecule has 0 amide bonds. The fourth-order valence-electron chi connectivity index (χ4n) is 0.714. The van der Waals surface area contributed by atoms with Gasteiger partial charge in [0.05, 0.1) is 4.90 Å². The van der Waals surface area contributed by atoms with Crippen LogP contribution >= 0.6 is 22.6 Å². The molecule has 0 atom stereocenters. The predicted molar refractivity (Wildman–Crippen MR) is 53.6 cm³/mol. The van der Waals surface area contributed by atoms with E-state index in [0.717, 1.165) is 0 Å². The molecule has 0 fully saturated rings. The van der Waals surface area contributed by atoms with E-state index in [4.69, 9.17) is 0 Å². The van der Waals surface area contributed by atoms with Gasteiger partial charge in [-0.05, 0) is 12.1 Å². The van der Waals surface area contributed by atoms with Gasteiger partial charge >= 0.3 is 0 Å². The second kappa shape index (κ2) is 4.20. The van der Waals surface area contributed by atoms with Crippen molar-refractivity contribution in [1.29, 1.82) is 0 Å². The Labute approximate surface area is 85.0 Å². The molecular weight excluding hydrogens is 291 g/mol. The topological polar surface area (TPSA) is 43.4 Å². The average Bonchev–Trinajstić information content (AvgIpc) is 2.06. The molecule has 0 heterocycles. The zero-order valence-electron chi connectivity index (χ0n) is 6.10. The minimum Gasteiger partial charge on any atom is -0.256 e. The van der Waals surface area contributed by atoms with E-state index in [2.05, 4.69) is 4.18 Å². The second-order valence-corrected chi connectivity index (χ2v) is 4.23. The summed E-state index contributed by atoms with van der Waals surface area (Å²) >= 11 is 1.84. The molecule has 0 aliphatic heterocycles. The van der Waals surface area contributed by atoms with Crippen LogP contribution in [0.4, 0.5) is 0 Å². The molecule has 0 spiro atoms. The third-order valence-corrected chi connectivity index (χ3v) is 3.24. The summed E-state index contributed by atoms with van der Waals surface area (Å²) in [5.74, 6) is 0. The molecule has 0 aliphatic rings. The van der Waals surface area contributed by atoms with Crippen molar-refractivity contribution < 1.29 is 12.6 Å². The highest BCUT2D eigenvalue weighted by Gasteiger charge is 2.12. The van der Waals surface area contributed by atoms with Gasteiger partial charge in [-0.15, -0.1) is 0 Å². The highest BCUT2D eigenvalue weighted by Crippen LogP contribution is 2.11. The SMILES string of the molecule is O=S(=O)(OCI)c1ccccc1. The molecule has 0 N–H and O–H groups in total. The first-order valence-corrected chi connectivity index (χ1v) is 6.10. The van der Waals surface area contributed by atoms with Crippen LogP contribution in [0.15, 0.2) is 35.2 Å². The van der Waals surface area contributed by atoms with Crippen LogP contribution in [0.5, 0.6) is 0 Å². The Balaban J connectivity index is 2.99. The zero-order chi connectivity index (χ0) is 9.03. The molecule has 0 unspecified atom stereocenters. The Morgan fingerprint density at radius 3 is 2.33 bits per heavy atom. The number of hydrogen-bond donors (Lipinski definition) is 0. The predicted octanol–water partition coefficient (Wildman–Crippen LogP) is 1.78. The summed E-state index contributed by atoms with van der Waals surface area (Å²) in [5, 5.41) is 0. The van der Waals surface area contributed by atoms with Crippen molar-refractivity contribution in [3.8, 4) is 0 Å². The lowest BCUT2D eigenvalue weighted by atomic mass is 10.4. The van der Waals surface area contributed by atoms with Crippen molar-refractivity contribution >= 4 is 32.7 Å². The Hall–Kier alpha value is -0.140. The van der Waals surface area contributed by atoms with Crippen molar-refractivity contribution in [3.63, 3.8) is 0 Å². The maximum Gasteiger partial charge on any atom is 0.297 e. The second-order valence-electron chi connectivity index (χ2n) is 1.99. The fourth-order valence-corrected chi connectivity index (χ4v) is 2.46. The molecule has 1 aromatic rings. The Morgan fingerprint density at radius 2 is 1.83 bits per heavy atom. The number of hydrogen-bond acceptors (Lipinski definition) is 3. The summed E-state index contributed by atoms with van der Waals surface area (Å²) in [6.07, 6.45) is 0. The van der Waals surface area contributed by atoms with E-state index in [0.29, 0.717) is 0 Å². The molecule has 0 aliphatic carbocycles. The molecule has 1 rings (SSSR count). The first-order chi connectivity index (χ1) is 5.67. The van der Waals surface area contributed by atoms with Crippen LogP contribution < -0.4 is 0 Å². The molecule has 0 saturated heterocycles. The normalized spacial score (nSPS) is 11.4. The van der Waals surface area contributed by atoms with E-state index < -0.39 is 10.1 Å². The summed E-state index contributed by atoms with van der Waals surface area (Å²) in [6, 6.07) is 8.07. The largest absolute Gasteiger partial charge is 0.297 e. The monoisotopic (exact) mass is 298 g/mol. The van der Waals surface area contributed by atoms with Gasteiger partial charge in [0.2, 0.25) is 0 Å². The van der Waals surface area contributed by atoms with E-state index in [9.17, 15) is 8.42 Å². The number of halogens is 1. The average molecular weight is 298 g/mol. The summed E-state index contributed by atoms with van der Waals surface area (Å²) in [4.78, 5) is 0.196. The van der Waals surface area contributed by atoms with Gasteiger partial charge < -0.3 is 0 Å². The van der Waals surface area contributed by atoms with Crippen LogP contribution in [-0.2, 0) is 14.3 Å². The number of alkyl halides is 1. The third kappa shape index (κ3) is 2.43. The van der Waals surface area contributed by atoms with E-state index in [1.807, 2.05) is 22.6 Å². The molecule has 66 valence electrons. The highest BCUT2D eigenvalue weighted by atomic mass is 127. The van der Waals surface area contributed by atoms with E-state index in [-0.39, 0.29) is 9.51 Å². The summed E-state index contributed by atoms with van der Waals surface area (Å²) < 4.78 is 27.1. The highest BCUT2D eigenvalue weighted by molar-refractivity contribution is 14.1. The van der Waals surface area contributed by atoms with Crippen LogP contribution in [-0.4, -0.2) is 13.0 Å². The van der Waals surface area contributed by atoms with Crippen molar-refractivity contribution in [1.82, 2.24) is 0 Å². The van der Waals surface area contributed by atoms with Gasteiger partial charge in [-0.2, -0.15) is 8.42 Å². The minimum atomic E-state index is -3.52. The molecule has 1 aromatic carbocycles. The van der Waals surface area contributed by atoms with E-state index in [1.54, 1.807) is 18.2 Å². The van der Waals surface area contributed by atoms with Crippen molar-refractivity contribution in [2.45, 2.75) is 4.90 Å². The molecule has 3 nitrogen and oxygen atoms in total. The Kier molecular flexibility index (Phi) is 3.48. The van der Waals surface area contributed by atoms with Gasteiger partial charge in [0.25, 0.3) is 10.1 Å². The van der Waals surface area contributed by atoms with Gasteiger partial charge in [0, 0.05) is 0 Å². The maximum absolute atomic E-state index is 11.2. The zero-order valence-corrected chi connectivity index (χ0v) is 9.08. The lowest BCUT2D eigenvalue weighted by molar-refractivity contribution is 0.390. The Bertz CT molecular complexity index is 333. The smallest absolute Gasteiger partial charge is 0.256 e. The van der Waals surface area contributed by atoms with Crippen molar-refractivity contribution in [2.24, 2.45) is 0 Å². The van der Waals surface area contributed by atoms with Crippen LogP contribution in [0.1, 0.15) is 0 Å². The number of rotatable bonds is 3. The van der Waals surface area contributed by atoms with Gasteiger partial charge in [0.1, 0.15) is 4.61 Å². The van der Waals surface area contributed by atoms with Crippen LogP contribution in [0.3, 0.4) is 0 Å². The first-order valence-electron chi connectivity index (χ1n) is 3.17. The van der Waals surface area contributed by atoms with E-state index >= 15 is 0 Å². The molecular formula is C7H7IO3S. The van der Waals surface area contributed by atoms with E-state index in [1.165, 1.54) is 12.1 Å². The van der Waals surface area contributed by atoms with Crippen LogP contribution in [0.2, 0.25) is 0 Å². The lowest BCUT2D eigenvalue weighted by Crippen LogP contribution is -2.04. The third-order valence-electron chi connectivity index (χ3n) is 1.23. The summed E-state index contributed by atoms with van der Waals surface area (Å²) in [6.45, 7) is 0. The minimum absolute atomic E-state index is 0.134. The molecule has 0 radical (unpaired) electrons. The fraction of sp³-hybridized carbons (Fsp3) is 0.143. The van der Waals surface area contributed by atoms with Gasteiger partial charge in [-0.1, -0.05) is 40.8 Å². The quantitative estimate of drug-likeness (QED) is 0.485. The summed E-state index contributed by atoms with van der Waals surface area (Å²) in [7, 11) is -3.52. The Morgan fingerprint density at radius 1 is 1.25 bits per heavy atom. The van der Waals surface area contributed by atoms with Crippen LogP contribution in [0.25, 0.3) is 0 Å². The van der Waals surface area contributed by atoms with Gasteiger partial charge in [-0.3, -0.25) is 4.18 Å². The number of benzene rings is 1. The van der Waals surface area contributed by atoms with Gasteiger partial charge in [-0.25, -0.2) is 0 Å². The maximum atomic E-state index is 11.2. The van der Waals surface area contributed by atoms with Gasteiger partial charge in [0.15, 0.2) is 0 Å². The molecule has 0 saturated carbocycles. The molecule has 12 heavy (non-hydrogen) atoms. The van der Waals surface area contributed by atoms with Crippen molar-refractivity contribution in [2.75, 3.05) is 4.61 Å². The summed E-state index contributed by atoms with van der Waals surface area (Å²) in [5.41, 5.74) is 0. The van der Waals surface area contributed by atoms with Crippen LogP contribution in [0, 0.1) is 0 Å². The standard InChI is InChI=1S/C7H7IO3S/c8-6-11-12(9,10)7-4-2-1-3-5-7/h1-5H,6H2. The molecule has 0 bridgehead atoms. The lowest BCUT2D eigenvalue weighted by Gasteiger charge is -2.00. The molecule has 5 heteroatoms. The van der Waals surface area contributed by atoms with Crippen molar-refractivity contribution in [3.05, 3.63) is 30.3 Å².